The summed E-state index contributed by atoms with van der Waals surface area (Å²) in [6.45, 7) is 4.73. The number of aromatic nitrogens is 4. The molecule has 3 aromatic heterocycles. The number of hydrogen-bond acceptors (Lipinski definition) is 1. The fraction of sp³-hybridized carbons (Fsp3) is 0.133. The summed E-state index contributed by atoms with van der Waals surface area (Å²) in [6, 6.07) is 24.3. The van der Waals surface area contributed by atoms with Crippen molar-refractivity contribution in [2.24, 2.45) is 0 Å². The highest BCUT2D eigenvalue weighted by Crippen LogP contribution is 2.58. The molecule has 0 saturated carbocycles. The molecule has 0 aliphatic carbocycles. The van der Waals surface area contributed by atoms with Gasteiger partial charge in [0.05, 0.1) is 17.8 Å². The lowest BCUT2D eigenvalue weighted by Crippen LogP contribution is -2.76. The number of para-hydroxylation sites is 1. The summed E-state index contributed by atoms with van der Waals surface area (Å²) >= 11 is 0. The van der Waals surface area contributed by atoms with Crippen molar-refractivity contribution in [3.05, 3.63) is 108 Å². The zero-order valence-corrected chi connectivity index (χ0v) is 19.3. The SMILES string of the molecule is CC1(C)c2ccc3c4c2-n2c5c1cccc5c1ccc[n+](c12)C41c2c(cccc2-n2ccc[n+]21)O3. The molecule has 10 rings (SSSR count). The van der Waals surface area contributed by atoms with Gasteiger partial charge in [0, 0.05) is 28.0 Å². The Bertz CT molecular complexity index is 2020. The molecule has 0 bridgehead atoms. The molecule has 6 aromatic rings. The van der Waals surface area contributed by atoms with Gasteiger partial charge in [0.15, 0.2) is 11.3 Å². The first-order valence-corrected chi connectivity index (χ1v) is 12.2. The van der Waals surface area contributed by atoms with Crippen molar-refractivity contribution in [2.45, 2.75) is 24.9 Å². The Balaban J connectivity index is 1.60. The zero-order chi connectivity index (χ0) is 22.8. The molecule has 0 fully saturated rings. The van der Waals surface area contributed by atoms with Gasteiger partial charge in [-0.25, -0.2) is 0 Å². The van der Waals surface area contributed by atoms with Crippen LogP contribution in [-0.2, 0) is 11.1 Å². The molecule has 1 atom stereocenters. The van der Waals surface area contributed by atoms with Gasteiger partial charge in [-0.05, 0) is 36.4 Å². The van der Waals surface area contributed by atoms with Crippen molar-refractivity contribution in [1.29, 1.82) is 0 Å². The smallest absolute Gasteiger partial charge is 0.397 e. The third-order valence-electron chi connectivity index (χ3n) is 8.97. The second-order valence-corrected chi connectivity index (χ2v) is 10.7. The van der Waals surface area contributed by atoms with Crippen LogP contribution in [0.1, 0.15) is 36.1 Å². The van der Waals surface area contributed by atoms with Gasteiger partial charge in [0.1, 0.15) is 28.3 Å². The lowest BCUT2D eigenvalue weighted by molar-refractivity contribution is -0.987. The Hall–Kier alpha value is -4.38. The Morgan fingerprint density at radius 1 is 0.771 bits per heavy atom. The quantitative estimate of drug-likeness (QED) is 0.303. The first kappa shape index (κ1) is 17.1. The second-order valence-electron chi connectivity index (χ2n) is 10.7. The lowest BCUT2D eigenvalue weighted by atomic mass is 9.72. The van der Waals surface area contributed by atoms with E-state index in [1.807, 2.05) is 0 Å². The van der Waals surface area contributed by atoms with Crippen molar-refractivity contribution in [1.82, 2.24) is 9.25 Å². The third-order valence-corrected chi connectivity index (χ3v) is 8.97. The molecule has 0 saturated heterocycles. The standard InChI is InChI=1S/C30H20N4O/c1-29(2)19-9-3-7-17-18-8-5-14-31-28(18)34(26(17)19)27-20(29)12-13-23-25(27)30(31)24-21(10-4-11-22(24)35-23)32-15-6-16-33(30)32/h3-16H,1-2H3/q+2. The van der Waals surface area contributed by atoms with E-state index in [0.29, 0.717) is 0 Å². The van der Waals surface area contributed by atoms with Gasteiger partial charge in [0.25, 0.3) is 0 Å². The van der Waals surface area contributed by atoms with Crippen LogP contribution in [0.3, 0.4) is 0 Å². The Morgan fingerprint density at radius 3 is 2.57 bits per heavy atom. The summed E-state index contributed by atoms with van der Waals surface area (Å²) in [6.07, 6.45) is 6.62. The van der Waals surface area contributed by atoms with E-state index in [4.69, 9.17) is 4.74 Å². The van der Waals surface area contributed by atoms with Gasteiger partial charge < -0.3 is 4.74 Å². The molecule has 0 radical (unpaired) electrons. The molecular weight excluding hydrogens is 432 g/mol. The monoisotopic (exact) mass is 452 g/mol. The normalized spacial score (nSPS) is 20.3. The van der Waals surface area contributed by atoms with Gasteiger partial charge in [-0.2, -0.15) is 9.13 Å². The molecule has 1 spiro atoms. The van der Waals surface area contributed by atoms with Crippen LogP contribution in [0.25, 0.3) is 33.3 Å². The molecular formula is C30H20N4O+2. The average Bonchev–Trinajstić information content (AvgIpc) is 3.55. The van der Waals surface area contributed by atoms with E-state index in [-0.39, 0.29) is 5.41 Å². The molecule has 4 aliphatic heterocycles. The molecule has 1 unspecified atom stereocenters. The van der Waals surface area contributed by atoms with Crippen molar-refractivity contribution in [3.8, 4) is 22.9 Å². The van der Waals surface area contributed by atoms with Crippen LogP contribution in [0.5, 0.6) is 11.5 Å². The van der Waals surface area contributed by atoms with Crippen LogP contribution >= 0.6 is 0 Å². The maximum atomic E-state index is 6.70. The fourth-order valence-electron chi connectivity index (χ4n) is 7.68. The summed E-state index contributed by atoms with van der Waals surface area (Å²) in [7, 11) is 0. The molecule has 5 heteroatoms. The first-order chi connectivity index (χ1) is 17.1. The molecule has 0 amide bonds. The van der Waals surface area contributed by atoms with Crippen LogP contribution < -0.4 is 14.0 Å². The van der Waals surface area contributed by atoms with Crippen LogP contribution in [0.2, 0.25) is 0 Å². The second kappa shape index (κ2) is 4.86. The molecule has 4 aliphatic rings. The van der Waals surface area contributed by atoms with Gasteiger partial charge in [-0.3, -0.25) is 0 Å². The predicted molar refractivity (Wildman–Crippen MR) is 131 cm³/mol. The van der Waals surface area contributed by atoms with Crippen LogP contribution in [0.4, 0.5) is 0 Å². The van der Waals surface area contributed by atoms with Gasteiger partial charge in [-0.15, -0.1) is 4.68 Å². The van der Waals surface area contributed by atoms with E-state index in [0.717, 1.165) is 11.5 Å². The van der Waals surface area contributed by atoms with E-state index >= 15 is 0 Å². The molecule has 35 heavy (non-hydrogen) atoms. The highest BCUT2D eigenvalue weighted by molar-refractivity contribution is 6.10. The molecule has 3 aromatic carbocycles. The van der Waals surface area contributed by atoms with Gasteiger partial charge in [0.2, 0.25) is 6.20 Å². The lowest BCUT2D eigenvalue weighted by Gasteiger charge is -2.38. The highest BCUT2D eigenvalue weighted by Gasteiger charge is 2.69. The van der Waals surface area contributed by atoms with E-state index in [2.05, 4.69) is 118 Å². The number of hydrogen-bond donors (Lipinski definition) is 0. The van der Waals surface area contributed by atoms with E-state index in [9.17, 15) is 0 Å². The molecule has 0 N–H and O–H groups in total. The Morgan fingerprint density at radius 2 is 1.63 bits per heavy atom. The van der Waals surface area contributed by atoms with E-state index < -0.39 is 5.66 Å². The van der Waals surface area contributed by atoms with Crippen LogP contribution in [-0.4, -0.2) is 9.25 Å². The minimum atomic E-state index is -0.564. The van der Waals surface area contributed by atoms with Gasteiger partial charge >= 0.3 is 11.3 Å². The van der Waals surface area contributed by atoms with Crippen molar-refractivity contribution >= 4 is 21.9 Å². The fourth-order valence-corrected chi connectivity index (χ4v) is 7.68. The van der Waals surface area contributed by atoms with Crippen LogP contribution in [0.15, 0.2) is 85.3 Å². The maximum Gasteiger partial charge on any atom is 0.397 e. The summed E-state index contributed by atoms with van der Waals surface area (Å²) in [4.78, 5) is 0. The predicted octanol–water partition coefficient (Wildman–Crippen LogP) is 4.82. The number of benzene rings is 3. The molecule has 164 valence electrons. The summed E-state index contributed by atoms with van der Waals surface area (Å²) in [5.74, 6) is 1.86. The summed E-state index contributed by atoms with van der Waals surface area (Å²) in [5, 5.41) is 2.60. The van der Waals surface area contributed by atoms with Crippen molar-refractivity contribution in [3.63, 3.8) is 0 Å². The topological polar surface area (TPSA) is 26.8 Å². The maximum absolute atomic E-state index is 6.70. The van der Waals surface area contributed by atoms with Crippen LogP contribution in [0, 0.1) is 0 Å². The summed E-state index contributed by atoms with van der Waals surface area (Å²) in [5.41, 5.74) is 9.46. The molecule has 7 heterocycles. The molecule has 5 nitrogen and oxygen atoms in total. The average molecular weight is 453 g/mol. The largest absolute Gasteiger partial charge is 0.456 e. The number of fused-ring (bicyclic) bond motifs is 3. The Kier molecular flexibility index (Phi) is 2.38. The van der Waals surface area contributed by atoms with Crippen molar-refractivity contribution < 1.29 is 14.0 Å². The number of ether oxygens (including phenoxy) is 1. The highest BCUT2D eigenvalue weighted by atomic mass is 16.5. The Labute approximate surface area is 200 Å². The minimum absolute atomic E-state index is 0.136. The minimum Gasteiger partial charge on any atom is -0.456 e. The van der Waals surface area contributed by atoms with E-state index in [1.54, 1.807) is 0 Å². The van der Waals surface area contributed by atoms with Crippen molar-refractivity contribution in [2.75, 3.05) is 0 Å². The third kappa shape index (κ3) is 1.45. The summed E-state index contributed by atoms with van der Waals surface area (Å²) < 4.78 is 16.4. The first-order valence-electron chi connectivity index (χ1n) is 12.2. The number of nitrogens with zero attached hydrogens (tertiary/aromatic N) is 4. The van der Waals surface area contributed by atoms with Gasteiger partial charge in [-0.1, -0.05) is 42.8 Å². The zero-order valence-electron chi connectivity index (χ0n) is 19.3. The van der Waals surface area contributed by atoms with E-state index in [1.165, 1.54) is 55.6 Å². The number of rotatable bonds is 0. The number of pyridine rings is 1.